The lowest BCUT2D eigenvalue weighted by Gasteiger charge is -2.21. The van der Waals surface area contributed by atoms with E-state index in [1.165, 1.54) is 0 Å². The summed E-state index contributed by atoms with van der Waals surface area (Å²) in [7, 11) is 0. The average molecular weight is 225 g/mol. The number of halogens is 2. The minimum absolute atomic E-state index is 0.0248. The lowest BCUT2D eigenvalue weighted by Crippen LogP contribution is -2.16. The first-order valence-corrected chi connectivity index (χ1v) is 4.85. The van der Waals surface area contributed by atoms with Gasteiger partial charge in [-0.1, -0.05) is 20.8 Å². The van der Waals surface area contributed by atoms with Crippen molar-refractivity contribution in [2.75, 3.05) is 6.61 Å². The van der Waals surface area contributed by atoms with E-state index >= 15 is 0 Å². The molecule has 0 aliphatic rings. The van der Waals surface area contributed by atoms with Gasteiger partial charge in [0, 0.05) is 17.7 Å². The van der Waals surface area contributed by atoms with Crippen molar-refractivity contribution in [3.05, 3.63) is 29.3 Å². The van der Waals surface area contributed by atoms with Crippen molar-refractivity contribution in [2.45, 2.75) is 26.2 Å². The van der Waals surface area contributed by atoms with Crippen molar-refractivity contribution in [1.82, 2.24) is 0 Å². The van der Waals surface area contributed by atoms with E-state index in [2.05, 4.69) is 0 Å². The van der Waals surface area contributed by atoms with Gasteiger partial charge < -0.3 is 4.74 Å². The third kappa shape index (κ3) is 2.69. The van der Waals surface area contributed by atoms with Crippen LogP contribution in [0.4, 0.5) is 8.78 Å². The van der Waals surface area contributed by atoms with Gasteiger partial charge in [-0.15, -0.1) is 0 Å². The number of rotatable bonds is 2. The maximum atomic E-state index is 13.6. The van der Waals surface area contributed by atoms with Gasteiger partial charge in [-0.25, -0.2) is 8.78 Å². The van der Waals surface area contributed by atoms with Gasteiger partial charge in [0.15, 0.2) is 6.61 Å². The van der Waals surface area contributed by atoms with E-state index in [1.54, 1.807) is 26.8 Å². The van der Waals surface area contributed by atoms with Gasteiger partial charge in [-0.2, -0.15) is 5.26 Å². The summed E-state index contributed by atoms with van der Waals surface area (Å²) >= 11 is 0. The van der Waals surface area contributed by atoms with Crippen LogP contribution in [0.2, 0.25) is 0 Å². The van der Waals surface area contributed by atoms with E-state index in [4.69, 9.17) is 10.00 Å². The van der Waals surface area contributed by atoms with Crippen LogP contribution in [0.3, 0.4) is 0 Å². The van der Waals surface area contributed by atoms with E-state index in [1.807, 2.05) is 0 Å². The summed E-state index contributed by atoms with van der Waals surface area (Å²) in [6.45, 7) is 4.95. The molecule has 1 rings (SSSR count). The minimum Gasteiger partial charge on any atom is -0.479 e. The summed E-state index contributed by atoms with van der Waals surface area (Å²) in [4.78, 5) is 0. The Hall–Kier alpha value is -1.63. The van der Waals surface area contributed by atoms with Gasteiger partial charge in [0.05, 0.1) is 0 Å². The SMILES string of the molecule is CC(C)(C)c1c(F)cc(OCC#N)cc1F. The van der Waals surface area contributed by atoms with E-state index in [9.17, 15) is 8.78 Å². The Morgan fingerprint density at radius 1 is 1.25 bits per heavy atom. The van der Waals surface area contributed by atoms with Crippen LogP contribution in [0.1, 0.15) is 26.3 Å². The van der Waals surface area contributed by atoms with Gasteiger partial charge >= 0.3 is 0 Å². The van der Waals surface area contributed by atoms with Crippen molar-refractivity contribution in [2.24, 2.45) is 0 Å². The first-order valence-electron chi connectivity index (χ1n) is 4.85. The molecular formula is C12H13F2NO. The standard InChI is InChI=1S/C12H13F2NO/c1-12(2,3)11-9(13)6-8(7-10(11)14)16-5-4-15/h6-7H,5H2,1-3H3. The first kappa shape index (κ1) is 12.4. The lowest BCUT2D eigenvalue weighted by atomic mass is 9.86. The fourth-order valence-corrected chi connectivity index (χ4v) is 1.47. The second-order valence-corrected chi connectivity index (χ2v) is 4.46. The molecule has 0 radical (unpaired) electrons. The molecule has 16 heavy (non-hydrogen) atoms. The van der Waals surface area contributed by atoms with E-state index in [-0.39, 0.29) is 17.9 Å². The molecule has 2 nitrogen and oxygen atoms in total. The molecule has 0 unspecified atom stereocenters. The van der Waals surface area contributed by atoms with Crippen LogP contribution in [0.5, 0.6) is 5.75 Å². The van der Waals surface area contributed by atoms with E-state index in [0.717, 1.165) is 12.1 Å². The normalized spacial score (nSPS) is 11.0. The third-order valence-electron chi connectivity index (χ3n) is 2.07. The second-order valence-electron chi connectivity index (χ2n) is 4.46. The van der Waals surface area contributed by atoms with Crippen LogP contribution in [0, 0.1) is 23.0 Å². The quantitative estimate of drug-likeness (QED) is 0.774. The summed E-state index contributed by atoms with van der Waals surface area (Å²) in [5.74, 6) is -1.27. The molecule has 0 fully saturated rings. The van der Waals surface area contributed by atoms with Crippen LogP contribution in [-0.2, 0) is 5.41 Å². The molecule has 0 heterocycles. The Morgan fingerprint density at radius 3 is 2.12 bits per heavy atom. The molecule has 0 aliphatic heterocycles. The van der Waals surface area contributed by atoms with Crippen molar-refractivity contribution in [3.63, 3.8) is 0 Å². The molecule has 1 aromatic rings. The third-order valence-corrected chi connectivity index (χ3v) is 2.07. The molecule has 0 atom stereocenters. The molecule has 0 spiro atoms. The van der Waals surface area contributed by atoms with Crippen molar-refractivity contribution >= 4 is 0 Å². The van der Waals surface area contributed by atoms with E-state index < -0.39 is 17.0 Å². The topological polar surface area (TPSA) is 33.0 Å². The Balaban J connectivity index is 3.14. The molecule has 0 bridgehead atoms. The Labute approximate surface area is 93.5 Å². The second kappa shape index (κ2) is 4.48. The number of ether oxygens (including phenoxy) is 1. The molecule has 4 heteroatoms. The van der Waals surface area contributed by atoms with Crippen molar-refractivity contribution in [3.8, 4) is 11.8 Å². The zero-order valence-electron chi connectivity index (χ0n) is 9.47. The van der Waals surface area contributed by atoms with Crippen LogP contribution < -0.4 is 4.74 Å². The molecule has 0 aromatic heterocycles. The van der Waals surface area contributed by atoms with Crippen LogP contribution in [0.25, 0.3) is 0 Å². The largest absolute Gasteiger partial charge is 0.479 e. The highest BCUT2D eigenvalue weighted by Crippen LogP contribution is 2.30. The van der Waals surface area contributed by atoms with E-state index in [0.29, 0.717) is 0 Å². The van der Waals surface area contributed by atoms with Crippen LogP contribution >= 0.6 is 0 Å². The highest BCUT2D eigenvalue weighted by Gasteiger charge is 2.23. The van der Waals surface area contributed by atoms with Gasteiger partial charge in [-0.05, 0) is 5.41 Å². The Morgan fingerprint density at radius 2 is 1.75 bits per heavy atom. The average Bonchev–Trinajstić information content (AvgIpc) is 2.11. The molecule has 0 saturated carbocycles. The summed E-state index contributed by atoms with van der Waals surface area (Å²) in [5.41, 5.74) is -0.584. The molecule has 0 amide bonds. The van der Waals surface area contributed by atoms with Gasteiger partial charge in [0.2, 0.25) is 0 Å². The summed E-state index contributed by atoms with van der Waals surface area (Å²) in [6.07, 6.45) is 0. The summed E-state index contributed by atoms with van der Waals surface area (Å²) < 4.78 is 32.1. The number of hydrogen-bond acceptors (Lipinski definition) is 2. The molecule has 0 aliphatic carbocycles. The molecule has 0 N–H and O–H groups in total. The van der Waals surface area contributed by atoms with Crippen molar-refractivity contribution < 1.29 is 13.5 Å². The molecule has 1 aromatic carbocycles. The lowest BCUT2D eigenvalue weighted by molar-refractivity contribution is 0.359. The van der Waals surface area contributed by atoms with Crippen LogP contribution in [-0.4, -0.2) is 6.61 Å². The highest BCUT2D eigenvalue weighted by molar-refractivity contribution is 5.34. The summed E-state index contributed by atoms with van der Waals surface area (Å²) in [6, 6.07) is 3.93. The predicted molar refractivity (Wildman–Crippen MR) is 56.2 cm³/mol. The predicted octanol–water partition coefficient (Wildman–Crippen LogP) is 3.16. The van der Waals surface area contributed by atoms with Gasteiger partial charge in [0.1, 0.15) is 23.5 Å². The smallest absolute Gasteiger partial charge is 0.174 e. The fraction of sp³-hybridized carbons (Fsp3) is 0.417. The zero-order chi connectivity index (χ0) is 12.3. The summed E-state index contributed by atoms with van der Waals surface area (Å²) in [5, 5.41) is 8.29. The monoisotopic (exact) mass is 225 g/mol. The molecule has 0 saturated heterocycles. The zero-order valence-corrected chi connectivity index (χ0v) is 9.47. The minimum atomic E-state index is -0.652. The number of benzene rings is 1. The highest BCUT2D eigenvalue weighted by atomic mass is 19.1. The van der Waals surface area contributed by atoms with Gasteiger partial charge in [0.25, 0.3) is 0 Å². The maximum Gasteiger partial charge on any atom is 0.174 e. The molecular weight excluding hydrogens is 212 g/mol. The van der Waals surface area contributed by atoms with Crippen LogP contribution in [0.15, 0.2) is 12.1 Å². The maximum absolute atomic E-state index is 13.6. The Bertz CT molecular complexity index is 407. The number of hydrogen-bond donors (Lipinski definition) is 0. The number of nitrogens with zero attached hydrogens (tertiary/aromatic N) is 1. The number of nitriles is 1. The fourth-order valence-electron chi connectivity index (χ4n) is 1.47. The molecule has 86 valence electrons. The Kier molecular flexibility index (Phi) is 3.48. The first-order chi connectivity index (χ1) is 7.36. The van der Waals surface area contributed by atoms with Crippen molar-refractivity contribution in [1.29, 1.82) is 5.26 Å². The van der Waals surface area contributed by atoms with Gasteiger partial charge in [-0.3, -0.25) is 0 Å².